The van der Waals surface area contributed by atoms with Gasteiger partial charge in [-0.3, -0.25) is 0 Å². The summed E-state index contributed by atoms with van der Waals surface area (Å²) in [5, 5.41) is 0. The molecule has 0 saturated carbocycles. The second-order valence-corrected chi connectivity index (χ2v) is 9.89. The number of fused-ring (bicyclic) bond motifs is 1. The number of hydrogen-bond donors (Lipinski definition) is 0. The highest BCUT2D eigenvalue weighted by molar-refractivity contribution is 14.1. The van der Waals surface area contributed by atoms with Crippen LogP contribution < -0.4 is 0 Å². The Hall–Kier alpha value is 0.0600. The molecule has 5 unspecified atom stereocenters. The third-order valence-electron chi connectivity index (χ3n) is 4.24. The lowest BCUT2D eigenvalue weighted by atomic mass is 9.69. The van der Waals surface area contributed by atoms with Gasteiger partial charge in [0.25, 0.3) is 0 Å². The number of nitrogens with zero attached hydrogens (tertiary/aromatic N) is 2. The van der Waals surface area contributed by atoms with E-state index in [1.807, 2.05) is 7.32 Å². The zero-order valence-corrected chi connectivity index (χ0v) is 18.5. The molecule has 2 rings (SSSR count). The van der Waals surface area contributed by atoms with E-state index in [1.165, 1.54) is 22.4 Å². The molecule has 2 nitrogen and oxygen atoms in total. The summed E-state index contributed by atoms with van der Waals surface area (Å²) < 4.78 is 4.00. The van der Waals surface area contributed by atoms with Crippen molar-refractivity contribution in [1.29, 1.82) is 0 Å². The molecule has 22 heavy (non-hydrogen) atoms. The fourth-order valence-corrected chi connectivity index (χ4v) is 3.73. The van der Waals surface area contributed by atoms with Crippen molar-refractivity contribution in [1.82, 2.24) is 7.32 Å². The smallest absolute Gasteiger partial charge is 0.0622 e. The predicted molar refractivity (Wildman–Crippen MR) is 116 cm³/mol. The van der Waals surface area contributed by atoms with Crippen molar-refractivity contribution in [3.05, 3.63) is 71.1 Å². The second-order valence-electron chi connectivity index (χ2n) is 5.58. The molecule has 0 amide bonds. The topological polar surface area (TPSA) is 6.48 Å². The van der Waals surface area contributed by atoms with E-state index in [0.29, 0.717) is 0 Å². The SMILES string of the molecule is C=C1C=C/C(=C(/C)N(P)P)C2=C(C)C=CC(C(=C)N(P)I)C12. The van der Waals surface area contributed by atoms with Crippen LogP contribution in [0, 0.1) is 11.8 Å². The molecule has 0 aromatic rings. The molecule has 2 aliphatic carbocycles. The molecule has 0 aromatic heterocycles. The Kier molecular flexibility index (Phi) is 6.11. The zero-order valence-electron chi connectivity index (χ0n) is 12.9. The molecule has 0 aliphatic heterocycles. The van der Waals surface area contributed by atoms with E-state index in [9.17, 15) is 0 Å². The minimum atomic E-state index is 0.232. The van der Waals surface area contributed by atoms with Gasteiger partial charge in [0.15, 0.2) is 0 Å². The van der Waals surface area contributed by atoms with E-state index in [4.69, 9.17) is 0 Å². The predicted octanol–water partition coefficient (Wildman–Crippen LogP) is 5.34. The normalized spacial score (nSPS) is 26.0. The lowest BCUT2D eigenvalue weighted by Crippen LogP contribution is -2.27. The first-order chi connectivity index (χ1) is 10.3. The Bertz CT molecular complexity index is 642. The molecule has 6 heteroatoms. The number of halogens is 1. The zero-order chi connectivity index (χ0) is 16.6. The lowest BCUT2D eigenvalue weighted by molar-refractivity contribution is 0.543. The first-order valence-electron chi connectivity index (χ1n) is 6.91. The summed E-state index contributed by atoms with van der Waals surface area (Å²) >= 11 is 2.25. The maximum Gasteiger partial charge on any atom is 0.0622 e. The molecule has 0 radical (unpaired) electrons. The summed E-state index contributed by atoms with van der Waals surface area (Å²) in [5.41, 5.74) is 7.34. The number of hydrogen-bond acceptors (Lipinski definition) is 2. The van der Waals surface area contributed by atoms with Gasteiger partial charge in [-0.05, 0) is 64.3 Å². The Morgan fingerprint density at radius 3 is 2.41 bits per heavy atom. The number of allylic oxidation sites excluding steroid dienone is 9. The summed E-state index contributed by atoms with van der Waals surface area (Å²) in [6, 6.07) is 0. The van der Waals surface area contributed by atoms with Gasteiger partial charge >= 0.3 is 0 Å². The quantitative estimate of drug-likeness (QED) is 0.318. The molecule has 0 saturated heterocycles. The average Bonchev–Trinajstić information content (AvgIpc) is 2.46. The van der Waals surface area contributed by atoms with E-state index in [0.717, 1.165) is 11.3 Å². The van der Waals surface area contributed by atoms with Gasteiger partial charge in [0.1, 0.15) is 0 Å². The highest BCUT2D eigenvalue weighted by atomic mass is 127. The molecule has 0 bridgehead atoms. The summed E-state index contributed by atoms with van der Waals surface area (Å²) in [4.78, 5) is 0. The molecular weight excluding hydrogens is 440 g/mol. The summed E-state index contributed by atoms with van der Waals surface area (Å²) in [6.07, 6.45) is 8.77. The lowest BCUT2D eigenvalue weighted by Gasteiger charge is -2.38. The molecule has 0 heterocycles. The second kappa shape index (κ2) is 7.31. The molecule has 0 aromatic carbocycles. The minimum Gasteiger partial charge on any atom is -0.344 e. The Balaban J connectivity index is 2.61. The van der Waals surface area contributed by atoms with Gasteiger partial charge in [0.05, 0.1) is 22.9 Å². The fourth-order valence-electron chi connectivity index (χ4n) is 2.95. The van der Waals surface area contributed by atoms with Gasteiger partial charge in [-0.1, -0.05) is 37.5 Å². The van der Waals surface area contributed by atoms with Crippen LogP contribution in [0.15, 0.2) is 71.1 Å². The van der Waals surface area contributed by atoms with Crippen LogP contribution in [0.4, 0.5) is 0 Å². The van der Waals surface area contributed by atoms with Crippen LogP contribution in [0.25, 0.3) is 0 Å². The average molecular weight is 462 g/mol. The van der Waals surface area contributed by atoms with Crippen molar-refractivity contribution < 1.29 is 0 Å². The van der Waals surface area contributed by atoms with E-state index < -0.39 is 0 Å². The largest absolute Gasteiger partial charge is 0.344 e. The van der Waals surface area contributed by atoms with Gasteiger partial charge in [0.2, 0.25) is 0 Å². The molecule has 0 fully saturated rings. The summed E-state index contributed by atoms with van der Waals surface area (Å²) in [6.45, 7) is 12.9. The van der Waals surface area contributed by atoms with Crippen molar-refractivity contribution in [2.75, 3.05) is 0 Å². The van der Waals surface area contributed by atoms with Crippen molar-refractivity contribution in [2.24, 2.45) is 11.8 Å². The highest BCUT2D eigenvalue weighted by Crippen LogP contribution is 2.47. The van der Waals surface area contributed by atoms with Crippen molar-refractivity contribution in [2.45, 2.75) is 13.8 Å². The van der Waals surface area contributed by atoms with Crippen LogP contribution in [0.2, 0.25) is 0 Å². The van der Waals surface area contributed by atoms with Crippen molar-refractivity contribution in [3.8, 4) is 0 Å². The third-order valence-corrected chi connectivity index (χ3v) is 5.96. The molecule has 5 atom stereocenters. The van der Waals surface area contributed by atoms with Crippen LogP contribution in [0.3, 0.4) is 0 Å². The maximum atomic E-state index is 4.29. The molecule has 2 aliphatic rings. The van der Waals surface area contributed by atoms with Crippen LogP contribution in [0.5, 0.6) is 0 Å². The molecular formula is C16H22IN2P3. The van der Waals surface area contributed by atoms with Crippen molar-refractivity contribution >= 4 is 51.0 Å². The standard InChI is InChI=1S/C16H22IN2P3/c1-9-6-8-14(12(4)19(21)22)16-10(2)5-7-13(15(9)16)11(3)18(17)20/h5-8,13,15H,1,3,20-22H2,2,4H3/b14-12+. The third kappa shape index (κ3) is 3.44. The first kappa shape index (κ1) is 18.4. The van der Waals surface area contributed by atoms with E-state index in [2.05, 4.69) is 102 Å². The fraction of sp³-hybridized carbons (Fsp3) is 0.250. The van der Waals surface area contributed by atoms with Gasteiger partial charge in [0, 0.05) is 23.2 Å². The van der Waals surface area contributed by atoms with Crippen molar-refractivity contribution in [3.63, 3.8) is 0 Å². The van der Waals surface area contributed by atoms with Crippen LogP contribution in [-0.4, -0.2) is 7.32 Å². The van der Waals surface area contributed by atoms with E-state index in [-0.39, 0.29) is 11.8 Å². The molecule has 0 spiro atoms. The van der Waals surface area contributed by atoms with E-state index >= 15 is 0 Å². The highest BCUT2D eigenvalue weighted by Gasteiger charge is 2.35. The minimum absolute atomic E-state index is 0.232. The first-order valence-corrected chi connectivity index (χ1v) is 9.43. The Morgan fingerprint density at radius 2 is 1.86 bits per heavy atom. The Morgan fingerprint density at radius 1 is 1.23 bits per heavy atom. The van der Waals surface area contributed by atoms with E-state index in [1.54, 1.807) is 0 Å². The Labute approximate surface area is 154 Å². The van der Waals surface area contributed by atoms with Gasteiger partial charge < -0.3 is 7.32 Å². The summed E-state index contributed by atoms with van der Waals surface area (Å²) in [5.74, 6) is 0.482. The monoisotopic (exact) mass is 462 g/mol. The maximum absolute atomic E-state index is 4.29. The van der Waals surface area contributed by atoms with Crippen LogP contribution >= 0.6 is 51.0 Å². The molecule has 118 valence electrons. The number of rotatable bonds is 3. The van der Waals surface area contributed by atoms with Gasteiger partial charge in [-0.25, -0.2) is 0 Å². The van der Waals surface area contributed by atoms with Crippen LogP contribution in [0.1, 0.15) is 13.8 Å². The summed E-state index contributed by atoms with van der Waals surface area (Å²) in [7, 11) is 8.08. The van der Waals surface area contributed by atoms with Gasteiger partial charge in [-0.15, -0.1) is 0 Å². The van der Waals surface area contributed by atoms with Gasteiger partial charge in [-0.2, -0.15) is 0 Å². The molecule has 0 N–H and O–H groups in total. The van der Waals surface area contributed by atoms with Crippen LogP contribution in [-0.2, 0) is 0 Å².